The predicted octanol–water partition coefficient (Wildman–Crippen LogP) is 5.49. The number of carbonyl (C=O) groups excluding carboxylic acids is 2. The van der Waals surface area contributed by atoms with Crippen LogP contribution in [-0.2, 0) is 4.74 Å². The molecule has 3 amide bonds. The molecule has 8 nitrogen and oxygen atoms in total. The Morgan fingerprint density at radius 1 is 0.921 bits per heavy atom. The van der Waals surface area contributed by atoms with Crippen LogP contribution in [0.25, 0.3) is 0 Å². The van der Waals surface area contributed by atoms with Gasteiger partial charge in [-0.2, -0.15) is 0 Å². The fourth-order valence-corrected chi connectivity index (χ4v) is 7.41. The molecule has 8 heteroatoms. The molecule has 0 spiro atoms. The van der Waals surface area contributed by atoms with Gasteiger partial charge in [-0.1, -0.05) is 0 Å². The molecule has 1 aliphatic heterocycles. The average molecular weight is 527 g/mol. The van der Waals surface area contributed by atoms with E-state index in [1.54, 1.807) is 4.90 Å². The van der Waals surface area contributed by atoms with Gasteiger partial charge in [-0.3, -0.25) is 4.90 Å². The molecular weight excluding hydrogens is 480 g/mol. The number of unbranched alkanes of at least 4 members (excludes halogenated alkanes) is 1. The summed E-state index contributed by atoms with van der Waals surface area (Å²) in [6.07, 6.45) is 9.39. The Morgan fingerprint density at radius 3 is 2.11 bits per heavy atom. The van der Waals surface area contributed by atoms with Crippen LogP contribution in [0.5, 0.6) is 5.75 Å². The van der Waals surface area contributed by atoms with Crippen molar-refractivity contribution < 1.29 is 19.1 Å². The Labute approximate surface area is 227 Å². The van der Waals surface area contributed by atoms with Gasteiger partial charge >= 0.3 is 12.1 Å². The number of ether oxygens (including phenoxy) is 2. The summed E-state index contributed by atoms with van der Waals surface area (Å²) < 4.78 is 11.4. The van der Waals surface area contributed by atoms with E-state index in [1.165, 1.54) is 19.3 Å². The van der Waals surface area contributed by atoms with Gasteiger partial charge in [-0.05, 0) is 121 Å². The number of urea groups is 1. The summed E-state index contributed by atoms with van der Waals surface area (Å²) in [6, 6.07) is 7.61. The predicted molar refractivity (Wildman–Crippen MR) is 148 cm³/mol. The summed E-state index contributed by atoms with van der Waals surface area (Å²) in [6.45, 7) is 10.6. The molecule has 2 N–H and O–H groups in total. The van der Waals surface area contributed by atoms with E-state index in [0.29, 0.717) is 19.7 Å². The number of nitrogens with one attached hydrogen (secondary N) is 2. The number of hydrogen-bond donors (Lipinski definition) is 2. The van der Waals surface area contributed by atoms with Gasteiger partial charge in [0.25, 0.3) is 0 Å². The first-order valence-electron chi connectivity index (χ1n) is 14.7. The second-order valence-corrected chi connectivity index (χ2v) is 13.2. The van der Waals surface area contributed by atoms with Crippen LogP contribution >= 0.6 is 0 Å². The Balaban J connectivity index is 0.954. The lowest BCUT2D eigenvalue weighted by molar-refractivity contribution is -0.0127. The first kappa shape index (κ1) is 27.1. The molecule has 4 saturated carbocycles. The van der Waals surface area contributed by atoms with Crippen LogP contribution in [0.2, 0.25) is 0 Å². The number of carbonyl (C=O) groups is 2. The highest BCUT2D eigenvalue weighted by molar-refractivity contribution is 5.89. The number of amides is 3. The molecule has 1 aromatic rings. The number of rotatable bonds is 8. The maximum Gasteiger partial charge on any atom is 0.410 e. The SMILES string of the molecule is CC(C)(C)OC(=O)N1CCN(CCCCOc2ccc(NC(=O)NC34CC5CC(CC(C5)C3)C4)cc2)CC1. The van der Waals surface area contributed by atoms with Crippen LogP contribution in [0.4, 0.5) is 15.3 Å². The van der Waals surface area contributed by atoms with Gasteiger partial charge in [0.2, 0.25) is 0 Å². The molecule has 1 heterocycles. The van der Waals surface area contributed by atoms with Crippen molar-refractivity contribution in [2.75, 3.05) is 44.6 Å². The van der Waals surface area contributed by atoms with Crippen LogP contribution < -0.4 is 15.4 Å². The highest BCUT2D eigenvalue weighted by Crippen LogP contribution is 2.55. The minimum Gasteiger partial charge on any atom is -0.494 e. The summed E-state index contributed by atoms with van der Waals surface area (Å²) in [7, 11) is 0. The normalized spacial score (nSPS) is 28.7. The van der Waals surface area contributed by atoms with Crippen molar-refractivity contribution in [2.45, 2.75) is 83.3 Å². The van der Waals surface area contributed by atoms with Crippen molar-refractivity contribution in [3.63, 3.8) is 0 Å². The zero-order valence-corrected chi connectivity index (χ0v) is 23.5. The molecule has 4 bridgehead atoms. The molecule has 0 unspecified atom stereocenters. The maximum atomic E-state index is 12.8. The summed E-state index contributed by atoms with van der Waals surface area (Å²) in [5.41, 5.74) is 0.367. The van der Waals surface area contributed by atoms with E-state index in [9.17, 15) is 9.59 Å². The van der Waals surface area contributed by atoms with Gasteiger partial charge < -0.3 is 25.0 Å². The van der Waals surface area contributed by atoms with Crippen molar-refractivity contribution in [2.24, 2.45) is 17.8 Å². The van der Waals surface area contributed by atoms with Crippen LogP contribution in [-0.4, -0.2) is 72.4 Å². The minimum atomic E-state index is -0.451. The largest absolute Gasteiger partial charge is 0.494 e. The Bertz CT molecular complexity index is 930. The number of piperazine rings is 1. The lowest BCUT2D eigenvalue weighted by Gasteiger charge is -2.56. The van der Waals surface area contributed by atoms with Gasteiger partial charge in [-0.15, -0.1) is 0 Å². The first-order valence-corrected chi connectivity index (χ1v) is 14.7. The first-order chi connectivity index (χ1) is 18.1. The van der Waals surface area contributed by atoms with Crippen molar-refractivity contribution >= 4 is 17.8 Å². The Kier molecular flexibility index (Phi) is 8.08. The smallest absolute Gasteiger partial charge is 0.410 e. The molecule has 6 rings (SSSR count). The molecular formula is C30H46N4O4. The van der Waals surface area contributed by atoms with Gasteiger partial charge in [0.05, 0.1) is 6.61 Å². The molecule has 1 saturated heterocycles. The van der Waals surface area contributed by atoms with Crippen LogP contribution in [0.1, 0.15) is 72.1 Å². The molecule has 5 aliphatic rings. The molecule has 4 aliphatic carbocycles. The van der Waals surface area contributed by atoms with E-state index < -0.39 is 5.60 Å². The molecule has 0 aromatic heterocycles. The Morgan fingerprint density at radius 2 is 1.53 bits per heavy atom. The van der Waals surface area contributed by atoms with E-state index in [0.717, 1.165) is 80.9 Å². The number of anilines is 1. The molecule has 0 radical (unpaired) electrons. The van der Waals surface area contributed by atoms with Crippen LogP contribution in [0.15, 0.2) is 24.3 Å². The number of benzene rings is 1. The highest BCUT2D eigenvalue weighted by Gasteiger charge is 2.51. The van der Waals surface area contributed by atoms with Gasteiger partial charge in [0.15, 0.2) is 0 Å². The minimum absolute atomic E-state index is 0.0214. The standard InChI is InChI=1S/C30H46N4O4/c1-29(2,3)38-28(36)34-13-11-33(12-14-34)10-4-5-15-37-26-8-6-25(7-9-26)31-27(35)32-30-19-22-16-23(20-30)18-24(17-22)21-30/h6-9,22-24H,4-5,10-21H2,1-3H3,(H2,31,32,35). The summed E-state index contributed by atoms with van der Waals surface area (Å²) in [4.78, 5) is 29.2. The fraction of sp³-hybridized carbons (Fsp3) is 0.733. The zero-order valence-electron chi connectivity index (χ0n) is 23.5. The summed E-state index contributed by atoms with van der Waals surface area (Å²) in [5.74, 6) is 3.26. The van der Waals surface area contributed by atoms with Gasteiger partial charge in [0, 0.05) is 37.4 Å². The third kappa shape index (κ3) is 7.13. The van der Waals surface area contributed by atoms with E-state index in [2.05, 4.69) is 15.5 Å². The summed E-state index contributed by atoms with van der Waals surface area (Å²) >= 11 is 0. The van der Waals surface area contributed by atoms with Crippen LogP contribution in [0, 0.1) is 17.8 Å². The average Bonchev–Trinajstić information content (AvgIpc) is 2.83. The topological polar surface area (TPSA) is 83.1 Å². The maximum absolute atomic E-state index is 12.8. The van der Waals surface area contributed by atoms with E-state index in [1.807, 2.05) is 45.0 Å². The van der Waals surface area contributed by atoms with Crippen molar-refractivity contribution in [3.05, 3.63) is 24.3 Å². The highest BCUT2D eigenvalue weighted by atomic mass is 16.6. The van der Waals surface area contributed by atoms with Gasteiger partial charge in [-0.25, -0.2) is 9.59 Å². The molecule has 210 valence electrons. The lowest BCUT2D eigenvalue weighted by Crippen LogP contribution is -2.60. The third-order valence-corrected chi connectivity index (χ3v) is 8.69. The lowest BCUT2D eigenvalue weighted by atomic mass is 9.53. The quantitative estimate of drug-likeness (QED) is 0.438. The van der Waals surface area contributed by atoms with Crippen molar-refractivity contribution in [1.29, 1.82) is 0 Å². The van der Waals surface area contributed by atoms with Gasteiger partial charge in [0.1, 0.15) is 11.4 Å². The van der Waals surface area contributed by atoms with E-state index >= 15 is 0 Å². The monoisotopic (exact) mass is 526 g/mol. The Hall–Kier alpha value is -2.48. The molecule has 5 fully saturated rings. The van der Waals surface area contributed by atoms with E-state index in [4.69, 9.17) is 9.47 Å². The fourth-order valence-electron chi connectivity index (χ4n) is 7.41. The van der Waals surface area contributed by atoms with Crippen molar-refractivity contribution in [3.8, 4) is 5.75 Å². The third-order valence-electron chi connectivity index (χ3n) is 8.69. The number of hydrogen-bond acceptors (Lipinski definition) is 5. The van der Waals surface area contributed by atoms with Crippen LogP contribution in [0.3, 0.4) is 0 Å². The molecule has 0 atom stereocenters. The molecule has 38 heavy (non-hydrogen) atoms. The van der Waals surface area contributed by atoms with Crippen molar-refractivity contribution in [1.82, 2.24) is 15.1 Å². The molecule has 1 aromatic carbocycles. The number of nitrogens with zero attached hydrogens (tertiary/aromatic N) is 2. The van der Waals surface area contributed by atoms with E-state index in [-0.39, 0.29) is 17.7 Å². The second kappa shape index (κ2) is 11.3. The zero-order chi connectivity index (χ0) is 26.8. The second-order valence-electron chi connectivity index (χ2n) is 13.2. The summed E-state index contributed by atoms with van der Waals surface area (Å²) in [5, 5.41) is 6.40.